The summed E-state index contributed by atoms with van der Waals surface area (Å²) in [6.07, 6.45) is 1.88. The van der Waals surface area contributed by atoms with E-state index in [-0.39, 0.29) is 0 Å². The van der Waals surface area contributed by atoms with Crippen LogP contribution in [0.15, 0.2) is 188 Å². The predicted octanol–water partition coefficient (Wildman–Crippen LogP) is 12.8. The lowest BCUT2D eigenvalue weighted by Crippen LogP contribution is -1.96. The summed E-state index contributed by atoms with van der Waals surface area (Å²) in [4.78, 5) is 14.8. The molecule has 3 nitrogen and oxygen atoms in total. The molecule has 10 aromatic rings. The summed E-state index contributed by atoms with van der Waals surface area (Å²) in [6, 6.07) is 64.4. The zero-order chi connectivity index (χ0) is 34.4. The summed E-state index contributed by atoms with van der Waals surface area (Å²) >= 11 is 0. The van der Waals surface area contributed by atoms with Gasteiger partial charge in [0.15, 0.2) is 5.82 Å². The van der Waals surface area contributed by atoms with Crippen molar-refractivity contribution in [2.45, 2.75) is 0 Å². The van der Waals surface area contributed by atoms with Gasteiger partial charge in [-0.05, 0) is 78.8 Å². The molecule has 10 rings (SSSR count). The quantitative estimate of drug-likeness (QED) is 0.136. The maximum atomic E-state index is 5.17. The highest BCUT2D eigenvalue weighted by Crippen LogP contribution is 2.40. The summed E-state index contributed by atoms with van der Waals surface area (Å²) in [5.74, 6) is 0.695. The first-order chi connectivity index (χ1) is 25.8. The lowest BCUT2D eigenvalue weighted by atomic mass is 9.89. The highest BCUT2D eigenvalue weighted by atomic mass is 14.9. The number of hydrogen-bond donors (Lipinski definition) is 0. The maximum absolute atomic E-state index is 5.17. The number of benzene rings is 8. The molecule has 0 aliphatic rings. The van der Waals surface area contributed by atoms with Crippen molar-refractivity contribution in [1.82, 2.24) is 15.0 Å². The first-order valence-corrected chi connectivity index (χ1v) is 17.6. The first kappa shape index (κ1) is 29.9. The van der Waals surface area contributed by atoms with E-state index in [0.29, 0.717) is 5.82 Å². The molecule has 8 aromatic carbocycles. The van der Waals surface area contributed by atoms with Gasteiger partial charge in [-0.25, -0.2) is 9.97 Å². The molecule has 0 spiro atoms. The van der Waals surface area contributed by atoms with E-state index >= 15 is 0 Å². The maximum Gasteiger partial charge on any atom is 0.160 e. The van der Waals surface area contributed by atoms with Gasteiger partial charge in [-0.1, -0.05) is 158 Å². The minimum atomic E-state index is 0.695. The zero-order valence-electron chi connectivity index (χ0n) is 28.2. The van der Waals surface area contributed by atoms with Crippen LogP contribution in [0.4, 0.5) is 0 Å². The van der Waals surface area contributed by atoms with E-state index in [2.05, 4.69) is 175 Å². The van der Waals surface area contributed by atoms with Gasteiger partial charge in [0, 0.05) is 28.3 Å². The van der Waals surface area contributed by atoms with Gasteiger partial charge in [0.05, 0.1) is 16.9 Å². The third-order valence-corrected chi connectivity index (χ3v) is 10.1. The largest absolute Gasteiger partial charge is 0.256 e. The topological polar surface area (TPSA) is 38.7 Å². The Morgan fingerprint density at radius 2 is 0.923 bits per heavy atom. The molecule has 52 heavy (non-hydrogen) atoms. The van der Waals surface area contributed by atoms with Crippen LogP contribution in [0.3, 0.4) is 0 Å². The van der Waals surface area contributed by atoms with Crippen LogP contribution in [0, 0.1) is 0 Å². The average molecular weight is 662 g/mol. The van der Waals surface area contributed by atoms with Gasteiger partial charge >= 0.3 is 0 Å². The van der Waals surface area contributed by atoms with Crippen molar-refractivity contribution in [2.75, 3.05) is 0 Å². The summed E-state index contributed by atoms with van der Waals surface area (Å²) in [5.41, 5.74) is 10.5. The number of fused-ring (bicyclic) bond motifs is 5. The predicted molar refractivity (Wildman–Crippen MR) is 217 cm³/mol. The minimum absolute atomic E-state index is 0.695. The molecule has 0 saturated carbocycles. The standard InChI is InChI=1S/C49H31N3/c1-2-11-34(12-3-1)46-31-47(35-20-18-33(19-21-35)40-28-29-50-45-17-9-8-16-42(40)45)52-49(51-46)37-24-22-36(23-25-37)48-41-15-7-5-13-38(41)30-44-39-14-6-4-10-32(39)26-27-43(44)48/h1-31H. The first-order valence-electron chi connectivity index (χ1n) is 17.6. The smallest absolute Gasteiger partial charge is 0.160 e. The second-order valence-corrected chi connectivity index (χ2v) is 13.2. The Balaban J connectivity index is 1.08. The number of nitrogens with zero attached hydrogens (tertiary/aromatic N) is 3. The van der Waals surface area contributed by atoms with Crippen molar-refractivity contribution in [1.29, 1.82) is 0 Å². The van der Waals surface area contributed by atoms with Crippen molar-refractivity contribution < 1.29 is 0 Å². The lowest BCUT2D eigenvalue weighted by Gasteiger charge is -2.15. The molecule has 3 heteroatoms. The Morgan fingerprint density at radius 1 is 0.327 bits per heavy atom. The van der Waals surface area contributed by atoms with Crippen molar-refractivity contribution >= 4 is 43.2 Å². The van der Waals surface area contributed by atoms with E-state index in [4.69, 9.17) is 9.97 Å². The third-order valence-electron chi connectivity index (χ3n) is 10.1. The molecule has 0 saturated heterocycles. The highest BCUT2D eigenvalue weighted by molar-refractivity contribution is 6.20. The normalized spacial score (nSPS) is 11.5. The van der Waals surface area contributed by atoms with Crippen molar-refractivity contribution in [2.24, 2.45) is 0 Å². The Kier molecular flexibility index (Phi) is 7.14. The van der Waals surface area contributed by atoms with Gasteiger partial charge in [-0.2, -0.15) is 0 Å². The van der Waals surface area contributed by atoms with Gasteiger partial charge in [0.1, 0.15) is 0 Å². The van der Waals surface area contributed by atoms with Crippen molar-refractivity contribution in [3.05, 3.63) is 188 Å². The van der Waals surface area contributed by atoms with Gasteiger partial charge in [0.2, 0.25) is 0 Å². The number of rotatable bonds is 5. The minimum Gasteiger partial charge on any atom is -0.256 e. The molecule has 0 N–H and O–H groups in total. The van der Waals surface area contributed by atoms with Crippen LogP contribution < -0.4 is 0 Å². The van der Waals surface area contributed by atoms with Gasteiger partial charge < -0.3 is 0 Å². The van der Waals surface area contributed by atoms with E-state index in [1.165, 1.54) is 43.4 Å². The van der Waals surface area contributed by atoms with Crippen LogP contribution in [0.5, 0.6) is 0 Å². The van der Waals surface area contributed by atoms with Crippen LogP contribution in [0.1, 0.15) is 0 Å². The molecule has 0 radical (unpaired) electrons. The second kappa shape index (κ2) is 12.4. The fourth-order valence-electron chi connectivity index (χ4n) is 7.57. The van der Waals surface area contributed by atoms with Crippen LogP contribution in [-0.4, -0.2) is 15.0 Å². The Morgan fingerprint density at radius 3 is 1.71 bits per heavy atom. The van der Waals surface area contributed by atoms with E-state index in [1.807, 2.05) is 18.3 Å². The average Bonchev–Trinajstić information content (AvgIpc) is 3.23. The van der Waals surface area contributed by atoms with E-state index in [0.717, 1.165) is 50.1 Å². The third kappa shape index (κ3) is 5.19. The molecular formula is C49H31N3. The molecule has 242 valence electrons. The second-order valence-electron chi connectivity index (χ2n) is 13.2. The van der Waals surface area contributed by atoms with Gasteiger partial charge in [0.25, 0.3) is 0 Å². The molecule has 0 unspecified atom stereocenters. The molecule has 2 heterocycles. The number of pyridine rings is 1. The van der Waals surface area contributed by atoms with Gasteiger partial charge in [-0.15, -0.1) is 0 Å². The molecule has 0 bridgehead atoms. The summed E-state index contributed by atoms with van der Waals surface area (Å²) in [6.45, 7) is 0. The Hall–Kier alpha value is -6.97. The molecule has 2 aromatic heterocycles. The van der Waals surface area contributed by atoms with E-state index in [9.17, 15) is 0 Å². The number of hydrogen-bond acceptors (Lipinski definition) is 3. The summed E-state index contributed by atoms with van der Waals surface area (Å²) in [7, 11) is 0. The van der Waals surface area contributed by atoms with Crippen LogP contribution in [0.2, 0.25) is 0 Å². The SMILES string of the molecule is c1ccc(-c2cc(-c3ccc(-c4ccnc5ccccc45)cc3)nc(-c3ccc(-c4c5ccccc5cc5c4ccc4ccccc45)cc3)n2)cc1. The Labute approximate surface area is 301 Å². The zero-order valence-corrected chi connectivity index (χ0v) is 28.2. The summed E-state index contributed by atoms with van der Waals surface area (Å²) in [5, 5.41) is 8.65. The van der Waals surface area contributed by atoms with Gasteiger partial charge in [-0.3, -0.25) is 4.98 Å². The van der Waals surface area contributed by atoms with Crippen LogP contribution in [0.25, 0.3) is 99.4 Å². The van der Waals surface area contributed by atoms with Crippen molar-refractivity contribution in [3.8, 4) is 56.2 Å². The molecule has 0 aliphatic carbocycles. The summed E-state index contributed by atoms with van der Waals surface area (Å²) < 4.78 is 0. The molecule has 0 atom stereocenters. The Bertz CT molecular complexity index is 2930. The lowest BCUT2D eigenvalue weighted by molar-refractivity contribution is 1.18. The fourth-order valence-corrected chi connectivity index (χ4v) is 7.57. The monoisotopic (exact) mass is 661 g/mol. The number of aromatic nitrogens is 3. The molecule has 0 fully saturated rings. The highest BCUT2D eigenvalue weighted by Gasteiger charge is 2.15. The van der Waals surface area contributed by atoms with E-state index < -0.39 is 0 Å². The van der Waals surface area contributed by atoms with E-state index in [1.54, 1.807) is 0 Å². The molecule has 0 aliphatic heterocycles. The molecular weight excluding hydrogens is 631 g/mol. The van der Waals surface area contributed by atoms with Crippen molar-refractivity contribution in [3.63, 3.8) is 0 Å². The fraction of sp³-hybridized carbons (Fsp3) is 0. The van der Waals surface area contributed by atoms with Crippen LogP contribution >= 0.6 is 0 Å². The van der Waals surface area contributed by atoms with Crippen LogP contribution in [-0.2, 0) is 0 Å². The molecule has 0 amide bonds. The number of para-hydroxylation sites is 1.